The lowest BCUT2D eigenvalue weighted by molar-refractivity contribution is -0.141. The highest BCUT2D eigenvalue weighted by molar-refractivity contribution is 5.73. The second kappa shape index (κ2) is 6.39. The van der Waals surface area contributed by atoms with Gasteiger partial charge in [0, 0.05) is 6.04 Å². The molecule has 1 unspecified atom stereocenters. The van der Waals surface area contributed by atoms with Gasteiger partial charge in [-0.15, -0.1) is 0 Å². The predicted octanol–water partition coefficient (Wildman–Crippen LogP) is 2.90. The molecule has 1 aliphatic rings. The Hall–Kier alpha value is -0.570. The van der Waals surface area contributed by atoms with Crippen molar-refractivity contribution in [2.75, 3.05) is 0 Å². The maximum absolute atomic E-state index is 11.1. The molecule has 100 valence electrons. The van der Waals surface area contributed by atoms with Crippen molar-refractivity contribution >= 4 is 5.97 Å². The van der Waals surface area contributed by atoms with Crippen molar-refractivity contribution in [3.63, 3.8) is 0 Å². The zero-order chi connectivity index (χ0) is 13.0. The van der Waals surface area contributed by atoms with Crippen LogP contribution < -0.4 is 5.32 Å². The lowest BCUT2D eigenvalue weighted by atomic mass is 9.79. The summed E-state index contributed by atoms with van der Waals surface area (Å²) < 4.78 is 0. The molecule has 3 nitrogen and oxygen atoms in total. The van der Waals surface area contributed by atoms with Crippen molar-refractivity contribution in [2.45, 2.75) is 65.5 Å². The Labute approximate surface area is 105 Å². The summed E-state index contributed by atoms with van der Waals surface area (Å²) in [5.41, 5.74) is 0. The van der Waals surface area contributed by atoms with Gasteiger partial charge in [0.05, 0.1) is 0 Å². The molecule has 1 atom stereocenters. The Morgan fingerprint density at radius 1 is 1.12 bits per heavy atom. The average Bonchev–Trinajstić information content (AvgIpc) is 2.25. The van der Waals surface area contributed by atoms with E-state index in [1.54, 1.807) is 0 Å². The van der Waals surface area contributed by atoms with E-state index in [1.807, 2.05) is 13.8 Å². The number of carbonyl (C=O) groups is 1. The van der Waals surface area contributed by atoms with Gasteiger partial charge in [0.1, 0.15) is 6.04 Å². The number of hydrogen-bond donors (Lipinski definition) is 2. The Bertz CT molecular complexity index is 243. The van der Waals surface area contributed by atoms with E-state index in [9.17, 15) is 4.79 Å². The minimum Gasteiger partial charge on any atom is -0.480 e. The fourth-order valence-corrected chi connectivity index (χ4v) is 2.76. The largest absolute Gasteiger partial charge is 0.480 e. The van der Waals surface area contributed by atoms with Gasteiger partial charge in [0.15, 0.2) is 0 Å². The third-order valence-electron chi connectivity index (χ3n) is 4.06. The Morgan fingerprint density at radius 2 is 1.65 bits per heavy atom. The molecule has 0 spiro atoms. The first-order valence-corrected chi connectivity index (χ1v) is 6.90. The highest BCUT2D eigenvalue weighted by atomic mass is 16.4. The third kappa shape index (κ3) is 4.30. The van der Waals surface area contributed by atoms with Crippen LogP contribution >= 0.6 is 0 Å². The SMILES string of the molecule is CC(C)C1CCC(NC(C(=O)O)C(C)C)CC1. The van der Waals surface area contributed by atoms with Crippen LogP contribution in [0.5, 0.6) is 0 Å². The van der Waals surface area contributed by atoms with Crippen LogP contribution in [0.25, 0.3) is 0 Å². The normalized spacial score (nSPS) is 27.4. The molecule has 1 rings (SSSR count). The first kappa shape index (κ1) is 14.5. The van der Waals surface area contributed by atoms with Crippen LogP contribution in [0.2, 0.25) is 0 Å². The summed E-state index contributed by atoms with van der Waals surface area (Å²) in [6, 6.07) is 0.00380. The molecule has 0 bridgehead atoms. The molecular weight excluding hydrogens is 214 g/mol. The van der Waals surface area contributed by atoms with Gasteiger partial charge in [-0.05, 0) is 43.4 Å². The smallest absolute Gasteiger partial charge is 0.320 e. The molecule has 0 aromatic rings. The average molecular weight is 241 g/mol. The van der Waals surface area contributed by atoms with Crippen LogP contribution in [0.4, 0.5) is 0 Å². The summed E-state index contributed by atoms with van der Waals surface area (Å²) in [6.45, 7) is 8.50. The van der Waals surface area contributed by atoms with Crippen LogP contribution in [0.15, 0.2) is 0 Å². The molecule has 0 aliphatic heterocycles. The van der Waals surface area contributed by atoms with Crippen molar-refractivity contribution in [1.29, 1.82) is 0 Å². The number of rotatable bonds is 5. The predicted molar refractivity (Wildman–Crippen MR) is 70.0 cm³/mol. The topological polar surface area (TPSA) is 49.3 Å². The lowest BCUT2D eigenvalue weighted by Crippen LogP contribution is -2.47. The molecule has 0 aromatic carbocycles. The summed E-state index contributed by atoms with van der Waals surface area (Å²) >= 11 is 0. The van der Waals surface area contributed by atoms with Gasteiger partial charge < -0.3 is 10.4 Å². The second-order valence-corrected chi connectivity index (χ2v) is 6.08. The number of carboxylic acid groups (broad SMARTS) is 1. The number of aliphatic carboxylic acids is 1. The van der Waals surface area contributed by atoms with Crippen LogP contribution in [-0.2, 0) is 4.79 Å². The summed E-state index contributed by atoms with van der Waals surface area (Å²) in [4.78, 5) is 11.1. The molecule has 0 radical (unpaired) electrons. The molecule has 0 aromatic heterocycles. The summed E-state index contributed by atoms with van der Waals surface area (Å²) in [7, 11) is 0. The number of hydrogen-bond acceptors (Lipinski definition) is 2. The quantitative estimate of drug-likeness (QED) is 0.778. The fraction of sp³-hybridized carbons (Fsp3) is 0.929. The molecular formula is C14H27NO2. The standard InChI is InChI=1S/C14H27NO2/c1-9(2)11-5-7-12(8-6-11)15-13(10(3)4)14(16)17/h9-13,15H,5-8H2,1-4H3,(H,16,17). The first-order chi connectivity index (χ1) is 7.91. The van der Waals surface area contributed by atoms with E-state index in [4.69, 9.17) is 5.11 Å². The fourth-order valence-electron chi connectivity index (χ4n) is 2.76. The molecule has 1 fully saturated rings. The van der Waals surface area contributed by atoms with Crippen LogP contribution in [0.3, 0.4) is 0 Å². The monoisotopic (exact) mass is 241 g/mol. The van der Waals surface area contributed by atoms with Gasteiger partial charge >= 0.3 is 5.97 Å². The minimum atomic E-state index is -0.717. The Morgan fingerprint density at radius 3 is 2.00 bits per heavy atom. The zero-order valence-corrected chi connectivity index (χ0v) is 11.6. The van der Waals surface area contributed by atoms with Crippen LogP contribution in [0, 0.1) is 17.8 Å². The molecule has 0 saturated heterocycles. The third-order valence-corrected chi connectivity index (χ3v) is 4.06. The van der Waals surface area contributed by atoms with Crippen molar-refractivity contribution in [1.82, 2.24) is 5.32 Å². The molecule has 1 aliphatic carbocycles. The highest BCUT2D eigenvalue weighted by Gasteiger charge is 2.28. The van der Waals surface area contributed by atoms with Gasteiger partial charge in [0.2, 0.25) is 0 Å². The van der Waals surface area contributed by atoms with Crippen molar-refractivity contribution in [3.05, 3.63) is 0 Å². The molecule has 0 heterocycles. The second-order valence-electron chi connectivity index (χ2n) is 6.08. The van der Waals surface area contributed by atoms with E-state index in [-0.39, 0.29) is 5.92 Å². The van der Waals surface area contributed by atoms with E-state index in [0.29, 0.717) is 6.04 Å². The van der Waals surface area contributed by atoms with Gasteiger partial charge in [-0.1, -0.05) is 27.7 Å². The Kier molecular flexibility index (Phi) is 5.44. The van der Waals surface area contributed by atoms with Crippen LogP contribution in [-0.4, -0.2) is 23.2 Å². The van der Waals surface area contributed by atoms with E-state index >= 15 is 0 Å². The van der Waals surface area contributed by atoms with E-state index in [2.05, 4.69) is 19.2 Å². The van der Waals surface area contributed by atoms with Gasteiger partial charge in [0.25, 0.3) is 0 Å². The van der Waals surface area contributed by atoms with Gasteiger partial charge in [-0.25, -0.2) is 0 Å². The van der Waals surface area contributed by atoms with E-state index in [1.165, 1.54) is 12.8 Å². The lowest BCUT2D eigenvalue weighted by Gasteiger charge is -2.33. The highest BCUT2D eigenvalue weighted by Crippen LogP contribution is 2.30. The van der Waals surface area contributed by atoms with Gasteiger partial charge in [-0.3, -0.25) is 4.79 Å². The molecule has 3 heteroatoms. The maximum atomic E-state index is 11.1. The van der Waals surface area contributed by atoms with Crippen molar-refractivity contribution < 1.29 is 9.90 Å². The summed E-state index contributed by atoms with van der Waals surface area (Å²) in [5, 5.41) is 12.5. The maximum Gasteiger partial charge on any atom is 0.320 e. The molecule has 2 N–H and O–H groups in total. The number of nitrogens with one attached hydrogen (secondary N) is 1. The summed E-state index contributed by atoms with van der Waals surface area (Å²) in [6.07, 6.45) is 4.72. The zero-order valence-electron chi connectivity index (χ0n) is 11.6. The Balaban J connectivity index is 2.41. The first-order valence-electron chi connectivity index (χ1n) is 6.90. The van der Waals surface area contributed by atoms with Crippen LogP contribution in [0.1, 0.15) is 53.4 Å². The summed E-state index contributed by atoms with van der Waals surface area (Å²) in [5.74, 6) is 1.02. The molecule has 0 amide bonds. The van der Waals surface area contributed by atoms with Crippen molar-refractivity contribution in [2.24, 2.45) is 17.8 Å². The van der Waals surface area contributed by atoms with Crippen molar-refractivity contribution in [3.8, 4) is 0 Å². The minimum absolute atomic E-state index is 0.148. The molecule has 17 heavy (non-hydrogen) atoms. The van der Waals surface area contributed by atoms with E-state index < -0.39 is 12.0 Å². The number of carboxylic acids is 1. The molecule has 1 saturated carbocycles. The van der Waals surface area contributed by atoms with Gasteiger partial charge in [-0.2, -0.15) is 0 Å². The van der Waals surface area contributed by atoms with E-state index in [0.717, 1.165) is 24.7 Å².